The molecule has 0 unspecified atom stereocenters. The van der Waals surface area contributed by atoms with Gasteiger partial charge in [0.05, 0.1) is 0 Å². The van der Waals surface area contributed by atoms with Gasteiger partial charge in [0.1, 0.15) is 5.82 Å². The van der Waals surface area contributed by atoms with E-state index in [1.54, 1.807) is 12.1 Å². The third kappa shape index (κ3) is 4.76. The summed E-state index contributed by atoms with van der Waals surface area (Å²) >= 11 is 0. The highest BCUT2D eigenvalue weighted by Gasteiger charge is 2.23. The van der Waals surface area contributed by atoms with Gasteiger partial charge in [-0.15, -0.1) is 0 Å². The number of urea groups is 1. The van der Waals surface area contributed by atoms with Crippen LogP contribution in [0.2, 0.25) is 0 Å². The average molecular weight is 328 g/mol. The van der Waals surface area contributed by atoms with E-state index in [4.69, 9.17) is 0 Å². The van der Waals surface area contributed by atoms with Gasteiger partial charge in [-0.2, -0.15) is 0 Å². The highest BCUT2D eigenvalue weighted by atomic mass is 19.1. The van der Waals surface area contributed by atoms with Crippen LogP contribution in [0.25, 0.3) is 0 Å². The Morgan fingerprint density at radius 3 is 2.71 bits per heavy atom. The SMILES string of the molecule is O=C(Nc1ccc(F)cc1)N[C@@H]1CCN(CCc2ccncc2)C1. The lowest BCUT2D eigenvalue weighted by molar-refractivity contribution is 0.247. The molecule has 2 heterocycles. The molecular weight excluding hydrogens is 307 g/mol. The second-order valence-corrected chi connectivity index (χ2v) is 6.00. The molecule has 0 saturated carbocycles. The van der Waals surface area contributed by atoms with E-state index in [-0.39, 0.29) is 17.9 Å². The maximum Gasteiger partial charge on any atom is 0.319 e. The number of amides is 2. The number of hydrogen-bond donors (Lipinski definition) is 2. The molecule has 1 saturated heterocycles. The zero-order chi connectivity index (χ0) is 16.8. The van der Waals surface area contributed by atoms with Crippen LogP contribution in [-0.2, 0) is 6.42 Å². The van der Waals surface area contributed by atoms with Crippen molar-refractivity contribution in [2.24, 2.45) is 0 Å². The number of nitrogens with zero attached hydrogens (tertiary/aromatic N) is 2. The van der Waals surface area contributed by atoms with E-state index < -0.39 is 0 Å². The summed E-state index contributed by atoms with van der Waals surface area (Å²) in [5, 5.41) is 5.70. The first-order valence-corrected chi connectivity index (χ1v) is 8.13. The number of carbonyl (C=O) groups excluding carboxylic acids is 1. The van der Waals surface area contributed by atoms with Crippen molar-refractivity contribution in [3.05, 3.63) is 60.2 Å². The number of nitrogens with one attached hydrogen (secondary N) is 2. The molecule has 1 aliphatic rings. The van der Waals surface area contributed by atoms with Gasteiger partial charge < -0.3 is 15.5 Å². The molecule has 6 heteroatoms. The maximum absolute atomic E-state index is 12.9. The second-order valence-electron chi connectivity index (χ2n) is 6.00. The second kappa shape index (κ2) is 7.88. The van der Waals surface area contributed by atoms with E-state index in [9.17, 15) is 9.18 Å². The van der Waals surface area contributed by atoms with E-state index in [1.807, 2.05) is 24.5 Å². The molecule has 24 heavy (non-hydrogen) atoms. The number of hydrogen-bond acceptors (Lipinski definition) is 3. The first-order valence-electron chi connectivity index (χ1n) is 8.13. The van der Waals surface area contributed by atoms with Gasteiger partial charge >= 0.3 is 6.03 Å². The highest BCUT2D eigenvalue weighted by molar-refractivity contribution is 5.89. The molecule has 5 nitrogen and oxygen atoms in total. The van der Waals surface area contributed by atoms with E-state index in [2.05, 4.69) is 20.5 Å². The fourth-order valence-corrected chi connectivity index (χ4v) is 2.88. The van der Waals surface area contributed by atoms with Gasteiger partial charge in [0, 0.05) is 43.8 Å². The minimum atomic E-state index is -0.318. The summed E-state index contributed by atoms with van der Waals surface area (Å²) in [4.78, 5) is 18.4. The van der Waals surface area contributed by atoms with E-state index in [1.165, 1.54) is 17.7 Å². The summed E-state index contributed by atoms with van der Waals surface area (Å²) in [5.41, 5.74) is 1.86. The van der Waals surface area contributed by atoms with Gasteiger partial charge in [0.25, 0.3) is 0 Å². The van der Waals surface area contributed by atoms with Crippen molar-refractivity contribution in [1.29, 1.82) is 0 Å². The molecule has 0 aliphatic carbocycles. The van der Waals surface area contributed by atoms with Crippen molar-refractivity contribution in [2.75, 3.05) is 25.0 Å². The molecule has 1 fully saturated rings. The highest BCUT2D eigenvalue weighted by Crippen LogP contribution is 2.12. The number of aromatic nitrogens is 1. The van der Waals surface area contributed by atoms with Crippen molar-refractivity contribution in [1.82, 2.24) is 15.2 Å². The molecule has 2 N–H and O–H groups in total. The Hall–Kier alpha value is -2.47. The first kappa shape index (κ1) is 16.4. The molecular formula is C18H21FN4O. The van der Waals surface area contributed by atoms with Crippen molar-refractivity contribution in [3.63, 3.8) is 0 Å². The lowest BCUT2D eigenvalue weighted by atomic mass is 10.2. The Balaban J connectivity index is 1.40. The predicted molar refractivity (Wildman–Crippen MR) is 91.3 cm³/mol. The Morgan fingerprint density at radius 1 is 1.21 bits per heavy atom. The fraction of sp³-hybridized carbons (Fsp3) is 0.333. The smallest absolute Gasteiger partial charge is 0.319 e. The lowest BCUT2D eigenvalue weighted by Crippen LogP contribution is -2.39. The number of anilines is 1. The minimum Gasteiger partial charge on any atom is -0.334 e. The van der Waals surface area contributed by atoms with Crippen molar-refractivity contribution < 1.29 is 9.18 Å². The largest absolute Gasteiger partial charge is 0.334 e. The Labute approximate surface area is 140 Å². The molecule has 0 radical (unpaired) electrons. The summed E-state index contributed by atoms with van der Waals surface area (Å²) in [6.07, 6.45) is 5.54. The van der Waals surface area contributed by atoms with E-state index in [0.717, 1.165) is 32.5 Å². The minimum absolute atomic E-state index is 0.142. The summed E-state index contributed by atoms with van der Waals surface area (Å²) in [6, 6.07) is 9.70. The number of rotatable bonds is 5. The molecule has 126 valence electrons. The van der Waals surface area contributed by atoms with Gasteiger partial charge in [0.2, 0.25) is 0 Å². The standard InChI is InChI=1S/C18H21FN4O/c19-15-1-3-16(4-2-15)21-18(24)22-17-8-12-23(13-17)11-7-14-5-9-20-10-6-14/h1-6,9-10,17H,7-8,11-13H2,(H2,21,22,24)/t17-/m1/s1. The Kier molecular flexibility index (Phi) is 5.38. The van der Waals surface area contributed by atoms with E-state index >= 15 is 0 Å². The predicted octanol–water partition coefficient (Wildman–Crippen LogP) is 2.66. The quantitative estimate of drug-likeness (QED) is 0.887. The van der Waals surface area contributed by atoms with Crippen molar-refractivity contribution in [3.8, 4) is 0 Å². The van der Waals surface area contributed by atoms with Crippen molar-refractivity contribution in [2.45, 2.75) is 18.9 Å². The summed E-state index contributed by atoms with van der Waals surface area (Å²) in [6.45, 7) is 2.80. The van der Waals surface area contributed by atoms with Crippen molar-refractivity contribution >= 4 is 11.7 Å². The first-order chi connectivity index (χ1) is 11.7. The molecule has 2 aromatic rings. The van der Waals surface area contributed by atoms with Crippen LogP contribution in [0, 0.1) is 5.82 Å². The third-order valence-corrected chi connectivity index (χ3v) is 4.18. The molecule has 1 aliphatic heterocycles. The number of carbonyl (C=O) groups is 1. The van der Waals surface area contributed by atoms with Gasteiger partial charge in [-0.1, -0.05) is 0 Å². The molecule has 0 spiro atoms. The summed E-state index contributed by atoms with van der Waals surface area (Å²) < 4.78 is 12.9. The molecule has 1 aromatic heterocycles. The molecule has 3 rings (SSSR count). The monoisotopic (exact) mass is 328 g/mol. The van der Waals surface area contributed by atoms with Gasteiger partial charge in [-0.25, -0.2) is 9.18 Å². The zero-order valence-electron chi connectivity index (χ0n) is 13.4. The van der Waals surface area contributed by atoms with Crippen LogP contribution >= 0.6 is 0 Å². The molecule has 1 atom stereocenters. The Morgan fingerprint density at radius 2 is 1.96 bits per heavy atom. The summed E-state index contributed by atoms with van der Waals surface area (Å²) in [5.74, 6) is -0.318. The molecule has 0 bridgehead atoms. The fourth-order valence-electron chi connectivity index (χ4n) is 2.88. The van der Waals surface area contributed by atoms with Crippen LogP contribution in [0.5, 0.6) is 0 Å². The number of pyridine rings is 1. The van der Waals surface area contributed by atoms with Crippen LogP contribution in [0.3, 0.4) is 0 Å². The number of benzene rings is 1. The average Bonchev–Trinajstić information content (AvgIpc) is 3.03. The topological polar surface area (TPSA) is 57.3 Å². The van der Waals surface area contributed by atoms with Gasteiger partial charge in [-0.05, 0) is 54.8 Å². The third-order valence-electron chi connectivity index (χ3n) is 4.18. The van der Waals surface area contributed by atoms with Crippen LogP contribution in [0.15, 0.2) is 48.8 Å². The Bertz CT molecular complexity index is 662. The molecule has 1 aromatic carbocycles. The zero-order valence-corrected chi connectivity index (χ0v) is 13.4. The maximum atomic E-state index is 12.9. The van der Waals surface area contributed by atoms with Crippen LogP contribution < -0.4 is 10.6 Å². The summed E-state index contributed by atoms with van der Waals surface area (Å²) in [7, 11) is 0. The lowest BCUT2D eigenvalue weighted by Gasteiger charge is -2.17. The number of likely N-dealkylation sites (tertiary alicyclic amines) is 1. The van der Waals surface area contributed by atoms with Crippen LogP contribution in [0.1, 0.15) is 12.0 Å². The van der Waals surface area contributed by atoms with Crippen LogP contribution in [0.4, 0.5) is 14.9 Å². The normalized spacial score (nSPS) is 17.6. The number of halogens is 1. The van der Waals surface area contributed by atoms with Crippen LogP contribution in [-0.4, -0.2) is 41.6 Å². The van der Waals surface area contributed by atoms with Gasteiger partial charge in [0.15, 0.2) is 0 Å². The van der Waals surface area contributed by atoms with E-state index in [0.29, 0.717) is 5.69 Å². The molecule has 2 amide bonds. The van der Waals surface area contributed by atoms with Gasteiger partial charge in [-0.3, -0.25) is 4.98 Å².